The molecule has 3 N–H and O–H groups in total. The molecule has 1 aromatic carbocycles. The van der Waals surface area contributed by atoms with Crippen LogP contribution in [0.3, 0.4) is 0 Å². The van der Waals surface area contributed by atoms with Crippen LogP contribution in [0, 0.1) is 0 Å². The van der Waals surface area contributed by atoms with Gasteiger partial charge in [0.2, 0.25) is 5.91 Å². The number of pyridine rings is 1. The Morgan fingerprint density at radius 1 is 1.36 bits per heavy atom. The highest BCUT2D eigenvalue weighted by Crippen LogP contribution is 2.24. The first kappa shape index (κ1) is 15.8. The van der Waals surface area contributed by atoms with Crippen molar-refractivity contribution in [2.45, 2.75) is 32.8 Å². The Morgan fingerprint density at radius 3 is 2.82 bits per heavy atom. The number of nitrogens with zero attached hydrogens (tertiary/aromatic N) is 1. The van der Waals surface area contributed by atoms with Crippen LogP contribution >= 0.6 is 0 Å². The molecule has 2 rings (SSSR count). The summed E-state index contributed by atoms with van der Waals surface area (Å²) >= 11 is 0. The number of hydrogen-bond acceptors (Lipinski definition) is 4. The molecule has 0 spiro atoms. The van der Waals surface area contributed by atoms with Crippen LogP contribution < -0.4 is 15.8 Å². The SMILES string of the molecule is CC(C)Oc1ccc(CCC(=O)Nc2cccnc2)cc1N. The average molecular weight is 299 g/mol. The second-order valence-corrected chi connectivity index (χ2v) is 5.33. The number of aryl methyl sites for hydroxylation is 1. The standard InChI is InChI=1S/C17H21N3O2/c1-12(2)22-16-7-5-13(10-15(16)18)6-8-17(21)20-14-4-3-9-19-11-14/h3-5,7,9-12H,6,8,18H2,1-2H3,(H,20,21). The van der Waals surface area contributed by atoms with Gasteiger partial charge in [0.1, 0.15) is 5.75 Å². The minimum Gasteiger partial charge on any atom is -0.489 e. The number of rotatable bonds is 6. The van der Waals surface area contributed by atoms with Crippen molar-refractivity contribution in [2.75, 3.05) is 11.1 Å². The molecule has 0 saturated heterocycles. The molecule has 5 nitrogen and oxygen atoms in total. The van der Waals surface area contributed by atoms with E-state index in [1.165, 1.54) is 0 Å². The van der Waals surface area contributed by atoms with Gasteiger partial charge in [-0.05, 0) is 50.1 Å². The summed E-state index contributed by atoms with van der Waals surface area (Å²) in [6, 6.07) is 9.23. The van der Waals surface area contributed by atoms with E-state index >= 15 is 0 Å². The van der Waals surface area contributed by atoms with Crippen molar-refractivity contribution < 1.29 is 9.53 Å². The molecule has 0 radical (unpaired) electrons. The van der Waals surface area contributed by atoms with Gasteiger partial charge in [-0.15, -0.1) is 0 Å². The lowest BCUT2D eigenvalue weighted by Gasteiger charge is -2.13. The number of hydrogen-bond donors (Lipinski definition) is 2. The van der Waals surface area contributed by atoms with E-state index in [9.17, 15) is 4.79 Å². The van der Waals surface area contributed by atoms with E-state index in [0.29, 0.717) is 30.0 Å². The molecule has 0 saturated carbocycles. The van der Waals surface area contributed by atoms with Gasteiger partial charge in [0.25, 0.3) is 0 Å². The molecule has 116 valence electrons. The molecule has 0 aliphatic rings. The van der Waals surface area contributed by atoms with Crippen molar-refractivity contribution in [2.24, 2.45) is 0 Å². The minimum atomic E-state index is -0.0471. The number of ether oxygens (including phenoxy) is 1. The summed E-state index contributed by atoms with van der Waals surface area (Å²) in [6.45, 7) is 3.91. The summed E-state index contributed by atoms with van der Waals surface area (Å²) in [4.78, 5) is 15.8. The van der Waals surface area contributed by atoms with Crippen LogP contribution in [0.5, 0.6) is 5.75 Å². The van der Waals surface area contributed by atoms with Crippen molar-refractivity contribution in [3.63, 3.8) is 0 Å². The number of nitrogens with one attached hydrogen (secondary N) is 1. The van der Waals surface area contributed by atoms with Crippen LogP contribution in [0.15, 0.2) is 42.7 Å². The summed E-state index contributed by atoms with van der Waals surface area (Å²) < 4.78 is 5.59. The molecule has 2 aromatic rings. The van der Waals surface area contributed by atoms with E-state index in [1.807, 2.05) is 32.0 Å². The van der Waals surface area contributed by atoms with Crippen LogP contribution in [0.1, 0.15) is 25.8 Å². The first-order valence-electron chi connectivity index (χ1n) is 7.29. The molecule has 0 atom stereocenters. The topological polar surface area (TPSA) is 77.2 Å². The zero-order valence-corrected chi connectivity index (χ0v) is 12.9. The maximum Gasteiger partial charge on any atom is 0.224 e. The van der Waals surface area contributed by atoms with E-state index in [-0.39, 0.29) is 12.0 Å². The maximum atomic E-state index is 11.9. The van der Waals surface area contributed by atoms with E-state index in [0.717, 1.165) is 5.56 Å². The van der Waals surface area contributed by atoms with Gasteiger partial charge in [-0.25, -0.2) is 0 Å². The second-order valence-electron chi connectivity index (χ2n) is 5.33. The first-order chi connectivity index (χ1) is 10.5. The Morgan fingerprint density at radius 2 is 2.18 bits per heavy atom. The number of nitrogen functional groups attached to an aromatic ring is 1. The second kappa shape index (κ2) is 7.45. The van der Waals surface area contributed by atoms with E-state index < -0.39 is 0 Å². The fourth-order valence-electron chi connectivity index (χ4n) is 2.03. The number of carbonyl (C=O) groups excluding carboxylic acids is 1. The molecule has 1 heterocycles. The van der Waals surface area contributed by atoms with Gasteiger partial charge in [0.05, 0.1) is 23.7 Å². The van der Waals surface area contributed by atoms with Gasteiger partial charge in [-0.3, -0.25) is 9.78 Å². The average Bonchev–Trinajstić information content (AvgIpc) is 2.48. The molecule has 1 amide bonds. The first-order valence-corrected chi connectivity index (χ1v) is 7.29. The molecule has 22 heavy (non-hydrogen) atoms. The summed E-state index contributed by atoms with van der Waals surface area (Å²) in [5, 5.41) is 2.81. The Hall–Kier alpha value is -2.56. The third-order valence-electron chi connectivity index (χ3n) is 3.02. The quantitative estimate of drug-likeness (QED) is 0.804. The zero-order valence-electron chi connectivity index (χ0n) is 12.9. The molecular weight excluding hydrogens is 278 g/mol. The molecule has 0 aliphatic heterocycles. The predicted molar refractivity (Wildman–Crippen MR) is 87.8 cm³/mol. The molecule has 0 aliphatic carbocycles. The lowest BCUT2D eigenvalue weighted by atomic mass is 10.1. The van der Waals surface area contributed by atoms with E-state index in [2.05, 4.69) is 10.3 Å². The number of benzene rings is 1. The fourth-order valence-corrected chi connectivity index (χ4v) is 2.03. The number of nitrogens with two attached hydrogens (primary N) is 1. The number of anilines is 2. The van der Waals surface area contributed by atoms with Crippen molar-refractivity contribution in [1.29, 1.82) is 0 Å². The molecule has 0 bridgehead atoms. The summed E-state index contributed by atoms with van der Waals surface area (Å²) in [7, 11) is 0. The van der Waals surface area contributed by atoms with Gasteiger partial charge in [-0.2, -0.15) is 0 Å². The summed E-state index contributed by atoms with van der Waals surface area (Å²) in [5.74, 6) is 0.632. The van der Waals surface area contributed by atoms with Gasteiger partial charge in [0.15, 0.2) is 0 Å². The minimum absolute atomic E-state index is 0.0471. The predicted octanol–water partition coefficient (Wildman–Crippen LogP) is 3.02. The number of aromatic nitrogens is 1. The summed E-state index contributed by atoms with van der Waals surface area (Å²) in [5.41, 5.74) is 8.27. The Bertz CT molecular complexity index is 627. The fraction of sp³-hybridized carbons (Fsp3) is 0.294. The van der Waals surface area contributed by atoms with Crippen molar-refractivity contribution in [1.82, 2.24) is 4.98 Å². The molecule has 0 unspecified atom stereocenters. The Labute approximate surface area is 130 Å². The smallest absolute Gasteiger partial charge is 0.224 e. The molecule has 1 aromatic heterocycles. The van der Waals surface area contributed by atoms with Gasteiger partial charge in [0, 0.05) is 12.6 Å². The summed E-state index contributed by atoms with van der Waals surface area (Å²) in [6.07, 6.45) is 4.38. The highest BCUT2D eigenvalue weighted by Gasteiger charge is 2.07. The molecule has 5 heteroatoms. The highest BCUT2D eigenvalue weighted by atomic mass is 16.5. The Balaban J connectivity index is 1.89. The lowest BCUT2D eigenvalue weighted by molar-refractivity contribution is -0.116. The van der Waals surface area contributed by atoms with Crippen LogP contribution in [0.2, 0.25) is 0 Å². The van der Waals surface area contributed by atoms with Crippen LogP contribution in [-0.2, 0) is 11.2 Å². The van der Waals surface area contributed by atoms with Crippen molar-refractivity contribution >= 4 is 17.3 Å². The Kier molecular flexibility index (Phi) is 5.36. The van der Waals surface area contributed by atoms with Crippen molar-refractivity contribution in [3.05, 3.63) is 48.3 Å². The zero-order chi connectivity index (χ0) is 15.9. The highest BCUT2D eigenvalue weighted by molar-refractivity contribution is 5.90. The van der Waals surface area contributed by atoms with Gasteiger partial charge < -0.3 is 15.8 Å². The number of carbonyl (C=O) groups is 1. The van der Waals surface area contributed by atoms with Crippen LogP contribution in [-0.4, -0.2) is 17.0 Å². The van der Waals surface area contributed by atoms with Gasteiger partial charge >= 0.3 is 0 Å². The monoisotopic (exact) mass is 299 g/mol. The maximum absolute atomic E-state index is 11.9. The van der Waals surface area contributed by atoms with E-state index in [1.54, 1.807) is 24.5 Å². The number of amides is 1. The third-order valence-corrected chi connectivity index (χ3v) is 3.02. The molecule has 0 fully saturated rings. The largest absolute Gasteiger partial charge is 0.489 e. The van der Waals surface area contributed by atoms with E-state index in [4.69, 9.17) is 10.5 Å². The van der Waals surface area contributed by atoms with Crippen LogP contribution in [0.4, 0.5) is 11.4 Å². The lowest BCUT2D eigenvalue weighted by Crippen LogP contribution is -2.12. The van der Waals surface area contributed by atoms with Gasteiger partial charge in [-0.1, -0.05) is 6.07 Å². The third kappa shape index (κ3) is 4.77. The van der Waals surface area contributed by atoms with Crippen LogP contribution in [0.25, 0.3) is 0 Å². The normalized spacial score (nSPS) is 10.5. The molecular formula is C17H21N3O2. The van der Waals surface area contributed by atoms with Crippen molar-refractivity contribution in [3.8, 4) is 5.75 Å².